The zero-order chi connectivity index (χ0) is 12.0. The number of aromatic nitrogens is 2. The maximum atomic E-state index is 11.7. The molecule has 1 aromatic rings. The topological polar surface area (TPSA) is 44.1 Å². The maximum absolute atomic E-state index is 11.7. The second kappa shape index (κ2) is 6.43. The van der Waals surface area contributed by atoms with E-state index in [9.17, 15) is 4.79 Å². The Hall–Kier alpha value is -1.16. The maximum Gasteiger partial charge on any atom is 0.142 e. The minimum atomic E-state index is -0.0120. The predicted octanol–water partition coefficient (Wildman–Crippen LogP) is 1.83. The van der Waals surface area contributed by atoms with Gasteiger partial charge in [0, 0.05) is 32.5 Å². The SMILES string of the molecule is CCCn1ccnc1CC(=O)CC(C)OC. The highest BCUT2D eigenvalue weighted by molar-refractivity contribution is 5.80. The van der Waals surface area contributed by atoms with E-state index in [-0.39, 0.29) is 11.9 Å². The van der Waals surface area contributed by atoms with Gasteiger partial charge in [-0.3, -0.25) is 4.79 Å². The van der Waals surface area contributed by atoms with Crippen LogP contribution in [0.3, 0.4) is 0 Å². The molecule has 0 aromatic carbocycles. The van der Waals surface area contributed by atoms with Crippen LogP contribution in [-0.4, -0.2) is 28.5 Å². The minimum Gasteiger partial charge on any atom is -0.381 e. The van der Waals surface area contributed by atoms with Gasteiger partial charge in [0.05, 0.1) is 12.5 Å². The third kappa shape index (κ3) is 3.77. The number of ketones is 1. The van der Waals surface area contributed by atoms with Gasteiger partial charge < -0.3 is 9.30 Å². The summed E-state index contributed by atoms with van der Waals surface area (Å²) in [6, 6.07) is 0. The van der Waals surface area contributed by atoms with Crippen molar-refractivity contribution in [2.24, 2.45) is 0 Å². The van der Waals surface area contributed by atoms with E-state index in [0.717, 1.165) is 18.8 Å². The highest BCUT2D eigenvalue weighted by Gasteiger charge is 2.12. The Labute approximate surface area is 96.6 Å². The molecule has 0 saturated heterocycles. The standard InChI is InChI=1S/C12H20N2O2/c1-4-6-14-7-5-13-12(14)9-11(15)8-10(2)16-3/h5,7,10H,4,6,8-9H2,1-3H3. The number of aryl methyl sites for hydroxylation is 1. The van der Waals surface area contributed by atoms with Gasteiger partial charge in [0.15, 0.2) is 0 Å². The van der Waals surface area contributed by atoms with Gasteiger partial charge in [-0.25, -0.2) is 4.98 Å². The van der Waals surface area contributed by atoms with Crippen molar-refractivity contribution >= 4 is 5.78 Å². The van der Waals surface area contributed by atoms with Crippen LogP contribution >= 0.6 is 0 Å². The molecule has 0 radical (unpaired) electrons. The van der Waals surface area contributed by atoms with Crippen molar-refractivity contribution in [1.82, 2.24) is 9.55 Å². The molecule has 4 nitrogen and oxygen atoms in total. The number of Topliss-reactive ketones (excluding diaryl/α,β-unsaturated/α-hetero) is 1. The summed E-state index contributed by atoms with van der Waals surface area (Å²) in [4.78, 5) is 15.9. The lowest BCUT2D eigenvalue weighted by Crippen LogP contribution is -2.16. The number of ether oxygens (including phenoxy) is 1. The summed E-state index contributed by atoms with van der Waals surface area (Å²) in [5.74, 6) is 1.04. The Morgan fingerprint density at radius 2 is 2.38 bits per heavy atom. The Kier molecular flexibility index (Phi) is 5.19. The highest BCUT2D eigenvalue weighted by Crippen LogP contribution is 2.05. The molecule has 0 spiro atoms. The smallest absolute Gasteiger partial charge is 0.142 e. The third-order valence-electron chi connectivity index (χ3n) is 2.54. The molecule has 1 unspecified atom stereocenters. The largest absolute Gasteiger partial charge is 0.381 e. The first-order valence-corrected chi connectivity index (χ1v) is 5.71. The van der Waals surface area contributed by atoms with E-state index in [2.05, 4.69) is 11.9 Å². The number of hydrogen-bond donors (Lipinski definition) is 0. The molecule has 90 valence electrons. The average Bonchev–Trinajstić information content (AvgIpc) is 2.66. The summed E-state index contributed by atoms with van der Waals surface area (Å²) in [5.41, 5.74) is 0. The van der Waals surface area contributed by atoms with Crippen LogP contribution in [0.1, 0.15) is 32.5 Å². The van der Waals surface area contributed by atoms with Gasteiger partial charge in [-0.1, -0.05) is 6.92 Å². The molecule has 0 fully saturated rings. The first-order chi connectivity index (χ1) is 7.67. The first-order valence-electron chi connectivity index (χ1n) is 5.71. The Morgan fingerprint density at radius 1 is 1.62 bits per heavy atom. The zero-order valence-corrected chi connectivity index (χ0v) is 10.3. The van der Waals surface area contributed by atoms with Crippen molar-refractivity contribution in [3.8, 4) is 0 Å². The summed E-state index contributed by atoms with van der Waals surface area (Å²) in [7, 11) is 1.62. The first kappa shape index (κ1) is 12.9. The minimum absolute atomic E-state index is 0.0120. The fourth-order valence-corrected chi connectivity index (χ4v) is 1.60. The van der Waals surface area contributed by atoms with Gasteiger partial charge in [-0.05, 0) is 13.3 Å². The van der Waals surface area contributed by atoms with Crippen LogP contribution in [-0.2, 0) is 22.5 Å². The normalized spacial score (nSPS) is 12.7. The quantitative estimate of drug-likeness (QED) is 0.709. The predicted molar refractivity (Wildman–Crippen MR) is 62.3 cm³/mol. The number of hydrogen-bond acceptors (Lipinski definition) is 3. The van der Waals surface area contributed by atoms with Crippen LogP contribution in [0.5, 0.6) is 0 Å². The van der Waals surface area contributed by atoms with Crippen LogP contribution in [0.2, 0.25) is 0 Å². The fourth-order valence-electron chi connectivity index (χ4n) is 1.60. The molecule has 0 aliphatic rings. The lowest BCUT2D eigenvalue weighted by atomic mass is 10.1. The summed E-state index contributed by atoms with van der Waals surface area (Å²) in [5, 5.41) is 0. The number of imidazole rings is 1. The van der Waals surface area contributed by atoms with E-state index in [1.807, 2.05) is 17.7 Å². The molecule has 0 saturated carbocycles. The number of methoxy groups -OCH3 is 1. The van der Waals surface area contributed by atoms with Crippen LogP contribution in [0.15, 0.2) is 12.4 Å². The average molecular weight is 224 g/mol. The van der Waals surface area contributed by atoms with Crippen molar-refractivity contribution < 1.29 is 9.53 Å². The van der Waals surface area contributed by atoms with E-state index in [1.165, 1.54) is 0 Å². The third-order valence-corrected chi connectivity index (χ3v) is 2.54. The summed E-state index contributed by atoms with van der Waals surface area (Å²) in [6.45, 7) is 4.93. The molecule has 0 aliphatic heterocycles. The Balaban J connectivity index is 2.52. The van der Waals surface area contributed by atoms with Gasteiger partial charge >= 0.3 is 0 Å². The van der Waals surface area contributed by atoms with E-state index >= 15 is 0 Å². The summed E-state index contributed by atoms with van der Waals surface area (Å²) < 4.78 is 7.11. The summed E-state index contributed by atoms with van der Waals surface area (Å²) in [6.07, 6.45) is 5.56. The van der Waals surface area contributed by atoms with Gasteiger partial charge in [-0.2, -0.15) is 0 Å². The molecule has 0 bridgehead atoms. The number of rotatable bonds is 7. The van der Waals surface area contributed by atoms with E-state index in [0.29, 0.717) is 12.8 Å². The van der Waals surface area contributed by atoms with Crippen LogP contribution in [0.25, 0.3) is 0 Å². The van der Waals surface area contributed by atoms with E-state index in [1.54, 1.807) is 13.3 Å². The number of carbonyl (C=O) groups is 1. The van der Waals surface area contributed by atoms with Crippen LogP contribution < -0.4 is 0 Å². The number of carbonyl (C=O) groups excluding carboxylic acids is 1. The molecule has 0 aliphatic carbocycles. The lowest BCUT2D eigenvalue weighted by molar-refractivity contribution is -0.120. The molecule has 1 aromatic heterocycles. The molecule has 1 atom stereocenters. The van der Waals surface area contributed by atoms with E-state index in [4.69, 9.17) is 4.74 Å². The van der Waals surface area contributed by atoms with Crippen molar-refractivity contribution in [3.05, 3.63) is 18.2 Å². The monoisotopic (exact) mass is 224 g/mol. The highest BCUT2D eigenvalue weighted by atomic mass is 16.5. The fraction of sp³-hybridized carbons (Fsp3) is 0.667. The van der Waals surface area contributed by atoms with Crippen molar-refractivity contribution in [2.75, 3.05) is 7.11 Å². The molecule has 0 amide bonds. The summed E-state index contributed by atoms with van der Waals surface area (Å²) >= 11 is 0. The van der Waals surface area contributed by atoms with Gasteiger partial charge in [0.2, 0.25) is 0 Å². The van der Waals surface area contributed by atoms with Gasteiger partial charge in [-0.15, -0.1) is 0 Å². The Bertz CT molecular complexity index is 334. The second-order valence-corrected chi connectivity index (χ2v) is 4.00. The molecule has 1 heterocycles. The van der Waals surface area contributed by atoms with Crippen LogP contribution in [0.4, 0.5) is 0 Å². The molecular weight excluding hydrogens is 204 g/mol. The molecule has 0 N–H and O–H groups in total. The van der Waals surface area contributed by atoms with Crippen molar-refractivity contribution in [2.45, 2.75) is 45.8 Å². The molecule has 4 heteroatoms. The van der Waals surface area contributed by atoms with E-state index < -0.39 is 0 Å². The van der Waals surface area contributed by atoms with Gasteiger partial charge in [0.25, 0.3) is 0 Å². The molecule has 1 rings (SSSR count). The second-order valence-electron chi connectivity index (χ2n) is 4.00. The lowest BCUT2D eigenvalue weighted by Gasteiger charge is -2.09. The molecular formula is C12H20N2O2. The van der Waals surface area contributed by atoms with Crippen molar-refractivity contribution in [1.29, 1.82) is 0 Å². The molecule has 16 heavy (non-hydrogen) atoms. The Morgan fingerprint density at radius 3 is 3.00 bits per heavy atom. The number of nitrogens with zero attached hydrogens (tertiary/aromatic N) is 2. The van der Waals surface area contributed by atoms with Crippen molar-refractivity contribution in [3.63, 3.8) is 0 Å². The van der Waals surface area contributed by atoms with Gasteiger partial charge in [0.1, 0.15) is 11.6 Å². The zero-order valence-electron chi connectivity index (χ0n) is 10.3. The van der Waals surface area contributed by atoms with Crippen LogP contribution in [0, 0.1) is 0 Å².